The van der Waals surface area contributed by atoms with Gasteiger partial charge in [-0.2, -0.15) is 13.2 Å². The molecule has 7 nitrogen and oxygen atoms in total. The highest BCUT2D eigenvalue weighted by Crippen LogP contribution is 2.37. The third kappa shape index (κ3) is 8.70. The van der Waals surface area contributed by atoms with Crippen LogP contribution in [0.25, 0.3) is 0 Å². The number of amides is 2. The number of anilines is 1. The molecule has 0 saturated heterocycles. The molecule has 43 heavy (non-hydrogen) atoms. The molecule has 0 aliphatic heterocycles. The number of rotatable bonds is 12. The van der Waals surface area contributed by atoms with E-state index in [-0.39, 0.29) is 28.8 Å². The molecule has 0 heterocycles. The van der Waals surface area contributed by atoms with Crippen LogP contribution in [0.15, 0.2) is 77.7 Å². The van der Waals surface area contributed by atoms with Crippen LogP contribution >= 0.6 is 11.6 Å². The maximum Gasteiger partial charge on any atom is 0.416 e. The third-order valence-corrected chi connectivity index (χ3v) is 8.58. The van der Waals surface area contributed by atoms with Crippen LogP contribution in [0.3, 0.4) is 0 Å². The Hall–Kier alpha value is -3.64. The predicted octanol–water partition coefficient (Wildman–Crippen LogP) is 6.27. The Morgan fingerprint density at radius 3 is 2.16 bits per heavy atom. The number of sulfonamides is 1. The van der Waals surface area contributed by atoms with Gasteiger partial charge in [0.15, 0.2) is 0 Å². The summed E-state index contributed by atoms with van der Waals surface area (Å²) in [5.74, 6) is -1.81. The largest absolute Gasteiger partial charge is 0.416 e. The molecule has 0 saturated carbocycles. The Balaban J connectivity index is 2.13. The lowest BCUT2D eigenvalue weighted by Gasteiger charge is -2.33. The van der Waals surface area contributed by atoms with Gasteiger partial charge in [-0.05, 0) is 60.4 Å². The van der Waals surface area contributed by atoms with Crippen molar-refractivity contribution in [2.75, 3.05) is 17.4 Å². The van der Waals surface area contributed by atoms with E-state index in [1.165, 1.54) is 48.5 Å². The zero-order chi connectivity index (χ0) is 31.9. The van der Waals surface area contributed by atoms with E-state index >= 15 is 0 Å². The summed E-state index contributed by atoms with van der Waals surface area (Å²) in [6, 6.07) is 13.1. The van der Waals surface area contributed by atoms with Gasteiger partial charge in [0.05, 0.1) is 21.2 Å². The summed E-state index contributed by atoms with van der Waals surface area (Å²) < 4.78 is 82.8. The quantitative estimate of drug-likeness (QED) is 0.236. The topological polar surface area (TPSA) is 86.8 Å². The van der Waals surface area contributed by atoms with Gasteiger partial charge in [0.2, 0.25) is 11.8 Å². The molecule has 0 radical (unpaired) electrons. The number of nitrogens with one attached hydrogen (secondary N) is 1. The van der Waals surface area contributed by atoms with E-state index in [1.54, 1.807) is 13.0 Å². The molecule has 0 unspecified atom stereocenters. The number of alkyl halides is 3. The monoisotopic (exact) mass is 641 g/mol. The van der Waals surface area contributed by atoms with Crippen molar-refractivity contribution in [3.8, 4) is 0 Å². The molecule has 0 aliphatic rings. The van der Waals surface area contributed by atoms with Crippen LogP contribution in [-0.2, 0) is 32.3 Å². The molecule has 0 bridgehead atoms. The second-order valence-electron chi connectivity index (χ2n) is 10.2. The maximum absolute atomic E-state index is 14.0. The second kappa shape index (κ2) is 14.2. The van der Waals surface area contributed by atoms with Gasteiger partial charge in [-0.3, -0.25) is 13.9 Å². The third-order valence-electron chi connectivity index (χ3n) is 6.49. The highest BCUT2D eigenvalue weighted by atomic mass is 35.5. The van der Waals surface area contributed by atoms with Crippen molar-refractivity contribution in [1.82, 2.24) is 10.2 Å². The number of halogens is 5. The van der Waals surface area contributed by atoms with Gasteiger partial charge >= 0.3 is 6.18 Å². The second-order valence-corrected chi connectivity index (χ2v) is 12.5. The van der Waals surface area contributed by atoms with Crippen molar-refractivity contribution in [3.63, 3.8) is 0 Å². The van der Waals surface area contributed by atoms with Gasteiger partial charge < -0.3 is 10.2 Å². The minimum absolute atomic E-state index is 0.0947. The molecular weight excluding hydrogens is 610 g/mol. The molecule has 13 heteroatoms. The molecule has 0 aliphatic carbocycles. The van der Waals surface area contributed by atoms with Crippen LogP contribution in [0.1, 0.15) is 38.3 Å². The zero-order valence-electron chi connectivity index (χ0n) is 23.7. The average Bonchev–Trinajstić information content (AvgIpc) is 2.95. The SMILES string of the molecule is CC[C@H](C(=O)NCC(C)C)N(Cc1ccc(F)cc1)C(=O)CN(c1cc(C(F)(F)F)ccc1Cl)S(=O)(=O)c1ccccc1. The summed E-state index contributed by atoms with van der Waals surface area (Å²) in [4.78, 5) is 28.1. The summed E-state index contributed by atoms with van der Waals surface area (Å²) in [7, 11) is -4.64. The van der Waals surface area contributed by atoms with Crippen LogP contribution < -0.4 is 9.62 Å². The summed E-state index contributed by atoms with van der Waals surface area (Å²) in [5, 5.41) is 2.43. The first-order chi connectivity index (χ1) is 20.1. The Morgan fingerprint density at radius 1 is 0.977 bits per heavy atom. The first-order valence-corrected chi connectivity index (χ1v) is 15.2. The van der Waals surface area contributed by atoms with Crippen molar-refractivity contribution < 1.29 is 35.6 Å². The Bertz CT molecular complexity index is 1520. The molecular formula is C30H32ClF4N3O4S. The summed E-state index contributed by atoms with van der Waals surface area (Å²) in [6.07, 6.45) is -4.70. The summed E-state index contributed by atoms with van der Waals surface area (Å²) >= 11 is 6.26. The lowest BCUT2D eigenvalue weighted by Crippen LogP contribution is -2.52. The number of hydrogen-bond donors (Lipinski definition) is 1. The predicted molar refractivity (Wildman–Crippen MR) is 156 cm³/mol. The van der Waals surface area contributed by atoms with Gasteiger partial charge in [-0.25, -0.2) is 12.8 Å². The highest BCUT2D eigenvalue weighted by Gasteiger charge is 2.37. The summed E-state index contributed by atoms with van der Waals surface area (Å²) in [6.45, 7) is 4.55. The van der Waals surface area contributed by atoms with E-state index in [1.807, 2.05) is 13.8 Å². The standard InChI is InChI=1S/C30H32ClF4N3O4S/c1-4-26(29(40)36-17-20(2)3)37(18-21-10-13-23(32)14-11-21)28(39)19-38(43(41,42)24-8-6-5-7-9-24)27-16-22(30(33,34)35)12-15-25(27)31/h5-16,20,26H,4,17-19H2,1-3H3,(H,36,40)/t26-/m1/s1. The molecule has 3 aromatic carbocycles. The van der Waals surface area contributed by atoms with Crippen molar-refractivity contribution in [2.24, 2.45) is 5.92 Å². The first-order valence-electron chi connectivity index (χ1n) is 13.4. The molecule has 1 atom stereocenters. The molecule has 0 spiro atoms. The molecule has 3 rings (SSSR count). The van der Waals surface area contributed by atoms with E-state index in [2.05, 4.69) is 5.32 Å². The van der Waals surface area contributed by atoms with Gasteiger partial charge in [0.1, 0.15) is 18.4 Å². The Morgan fingerprint density at radius 2 is 1.60 bits per heavy atom. The van der Waals surface area contributed by atoms with Crippen molar-refractivity contribution in [2.45, 2.75) is 50.9 Å². The van der Waals surface area contributed by atoms with E-state index in [4.69, 9.17) is 11.6 Å². The van der Waals surface area contributed by atoms with E-state index in [9.17, 15) is 35.6 Å². The van der Waals surface area contributed by atoms with Gasteiger partial charge in [-0.1, -0.05) is 62.7 Å². The lowest BCUT2D eigenvalue weighted by atomic mass is 10.1. The van der Waals surface area contributed by atoms with Crippen molar-refractivity contribution in [1.29, 1.82) is 0 Å². The summed E-state index contributed by atoms with van der Waals surface area (Å²) in [5.41, 5.74) is -1.29. The van der Waals surface area contributed by atoms with Crippen molar-refractivity contribution in [3.05, 3.63) is 94.8 Å². The molecule has 1 N–H and O–H groups in total. The zero-order valence-corrected chi connectivity index (χ0v) is 25.3. The van der Waals surface area contributed by atoms with Crippen LogP contribution in [0.2, 0.25) is 5.02 Å². The van der Waals surface area contributed by atoms with E-state index < -0.39 is 57.7 Å². The fourth-order valence-corrected chi connectivity index (χ4v) is 5.96. The fourth-order valence-electron chi connectivity index (χ4n) is 4.24. The minimum atomic E-state index is -4.83. The van der Waals surface area contributed by atoms with Crippen LogP contribution in [-0.4, -0.2) is 44.3 Å². The fraction of sp³-hybridized carbons (Fsp3) is 0.333. The molecule has 232 valence electrons. The molecule has 0 fully saturated rings. The highest BCUT2D eigenvalue weighted by molar-refractivity contribution is 7.92. The number of benzene rings is 3. The number of carbonyl (C=O) groups is 2. The average molecular weight is 642 g/mol. The normalized spacial score (nSPS) is 12.6. The maximum atomic E-state index is 14.0. The van der Waals surface area contributed by atoms with Crippen LogP contribution in [0.4, 0.5) is 23.2 Å². The van der Waals surface area contributed by atoms with Gasteiger partial charge in [0.25, 0.3) is 10.0 Å². The molecule has 3 aromatic rings. The number of nitrogens with zero attached hydrogens (tertiary/aromatic N) is 2. The number of hydrogen-bond acceptors (Lipinski definition) is 4. The van der Waals surface area contributed by atoms with Crippen molar-refractivity contribution >= 4 is 39.1 Å². The van der Waals surface area contributed by atoms with Crippen LogP contribution in [0.5, 0.6) is 0 Å². The minimum Gasteiger partial charge on any atom is -0.354 e. The smallest absolute Gasteiger partial charge is 0.354 e. The lowest BCUT2D eigenvalue weighted by molar-refractivity contribution is -0.140. The number of carbonyl (C=O) groups excluding carboxylic acids is 2. The Kier molecular flexibility index (Phi) is 11.2. The van der Waals surface area contributed by atoms with E-state index in [0.717, 1.165) is 11.0 Å². The van der Waals surface area contributed by atoms with Gasteiger partial charge in [-0.15, -0.1) is 0 Å². The van der Waals surface area contributed by atoms with Gasteiger partial charge in [0, 0.05) is 13.1 Å². The van der Waals surface area contributed by atoms with E-state index in [0.29, 0.717) is 28.5 Å². The molecule has 0 aromatic heterocycles. The molecule has 2 amide bonds. The van der Waals surface area contributed by atoms with Crippen LogP contribution in [0, 0.1) is 11.7 Å². The Labute approximate surface area is 253 Å². The first kappa shape index (κ1) is 33.9.